The predicted octanol–water partition coefficient (Wildman–Crippen LogP) is 4.08. The average Bonchev–Trinajstić information content (AvgIpc) is 2.73. The number of anilines is 2. The van der Waals surface area contributed by atoms with Gasteiger partial charge in [-0.3, -0.25) is 4.90 Å². The van der Waals surface area contributed by atoms with Crippen LogP contribution in [0.25, 0.3) is 0 Å². The van der Waals surface area contributed by atoms with Crippen molar-refractivity contribution in [3.05, 3.63) is 53.6 Å². The summed E-state index contributed by atoms with van der Waals surface area (Å²) < 4.78 is 0. The van der Waals surface area contributed by atoms with Crippen LogP contribution in [0.15, 0.2) is 42.5 Å². The molecule has 4 heteroatoms. The van der Waals surface area contributed by atoms with Crippen molar-refractivity contribution in [1.29, 1.82) is 0 Å². The van der Waals surface area contributed by atoms with Crippen LogP contribution in [0.1, 0.15) is 24.0 Å². The number of hydrogen-bond acceptors (Lipinski definition) is 2. The Morgan fingerprint density at radius 3 is 2.68 bits per heavy atom. The van der Waals surface area contributed by atoms with Crippen LogP contribution >= 0.6 is 0 Å². The number of fused-ring (bicyclic) bond motifs is 1. The van der Waals surface area contributed by atoms with Gasteiger partial charge in [-0.25, -0.2) is 4.79 Å². The van der Waals surface area contributed by atoms with E-state index >= 15 is 0 Å². The van der Waals surface area contributed by atoms with E-state index < -0.39 is 0 Å². The number of benzene rings is 2. The van der Waals surface area contributed by atoms with E-state index in [-0.39, 0.29) is 11.8 Å². The number of rotatable bonds is 1. The molecule has 0 aliphatic carbocycles. The number of urea groups is 1. The summed E-state index contributed by atoms with van der Waals surface area (Å²) in [5, 5.41) is 12.2. The lowest BCUT2D eigenvalue weighted by atomic mass is 10.0. The van der Waals surface area contributed by atoms with Gasteiger partial charge in [0.25, 0.3) is 0 Å². The zero-order valence-electron chi connectivity index (χ0n) is 12.7. The summed E-state index contributed by atoms with van der Waals surface area (Å²) in [4.78, 5) is 14.5. The third-order valence-corrected chi connectivity index (χ3v) is 4.10. The summed E-state index contributed by atoms with van der Waals surface area (Å²) >= 11 is 0. The van der Waals surface area contributed by atoms with Crippen molar-refractivity contribution in [3.8, 4) is 5.75 Å². The fraction of sp³-hybridized carbons (Fsp3) is 0.278. The Labute approximate surface area is 130 Å². The number of aromatic hydroxyl groups is 1. The van der Waals surface area contributed by atoms with E-state index in [9.17, 15) is 9.90 Å². The lowest BCUT2D eigenvalue weighted by molar-refractivity contribution is 0.257. The number of carbonyl (C=O) groups excluding carboxylic acids is 1. The number of nitrogens with one attached hydrogen (secondary N) is 1. The Morgan fingerprint density at radius 1 is 1.14 bits per heavy atom. The summed E-state index contributed by atoms with van der Waals surface area (Å²) in [5.41, 5.74) is 4.19. The SMILES string of the molecule is Cc1cccc2c1CCCCN2C(=O)Nc1ccc(O)cc1. The molecule has 0 bridgehead atoms. The highest BCUT2D eigenvalue weighted by molar-refractivity contribution is 6.02. The Bertz CT molecular complexity index is 680. The van der Waals surface area contributed by atoms with Crippen molar-refractivity contribution in [1.82, 2.24) is 0 Å². The molecule has 1 aliphatic heterocycles. The molecule has 0 aromatic heterocycles. The molecule has 1 aliphatic rings. The molecule has 114 valence electrons. The number of phenols is 1. The Hall–Kier alpha value is -2.49. The fourth-order valence-electron chi connectivity index (χ4n) is 2.90. The van der Waals surface area contributed by atoms with Crippen LogP contribution in [-0.2, 0) is 6.42 Å². The highest BCUT2D eigenvalue weighted by Gasteiger charge is 2.22. The van der Waals surface area contributed by atoms with Crippen LogP contribution in [0.2, 0.25) is 0 Å². The molecule has 0 saturated carbocycles. The second-order valence-corrected chi connectivity index (χ2v) is 5.66. The first-order valence-electron chi connectivity index (χ1n) is 7.61. The van der Waals surface area contributed by atoms with Crippen LogP contribution in [0, 0.1) is 6.92 Å². The molecule has 2 aromatic rings. The highest BCUT2D eigenvalue weighted by atomic mass is 16.3. The van der Waals surface area contributed by atoms with E-state index in [0.717, 1.165) is 31.5 Å². The molecule has 2 aromatic carbocycles. The van der Waals surface area contributed by atoms with Crippen molar-refractivity contribution in [2.24, 2.45) is 0 Å². The molecule has 0 fully saturated rings. The zero-order chi connectivity index (χ0) is 15.5. The minimum Gasteiger partial charge on any atom is -0.508 e. The molecule has 1 heterocycles. The lowest BCUT2D eigenvalue weighted by Gasteiger charge is -2.24. The van der Waals surface area contributed by atoms with E-state index in [0.29, 0.717) is 5.69 Å². The summed E-state index contributed by atoms with van der Waals surface area (Å²) in [5.74, 6) is 0.189. The normalized spacial score (nSPS) is 14.1. The number of hydrogen-bond donors (Lipinski definition) is 2. The Kier molecular flexibility index (Phi) is 4.00. The van der Waals surface area contributed by atoms with Gasteiger partial charge in [0.15, 0.2) is 0 Å². The second-order valence-electron chi connectivity index (χ2n) is 5.66. The van der Waals surface area contributed by atoms with Gasteiger partial charge in [-0.05, 0) is 67.6 Å². The molecule has 3 rings (SSSR count). The van der Waals surface area contributed by atoms with Crippen molar-refractivity contribution in [3.63, 3.8) is 0 Å². The molecule has 2 N–H and O–H groups in total. The van der Waals surface area contributed by atoms with E-state index in [1.165, 1.54) is 11.1 Å². The summed E-state index contributed by atoms with van der Waals surface area (Å²) in [6.07, 6.45) is 3.11. The fourth-order valence-corrected chi connectivity index (χ4v) is 2.90. The molecule has 4 nitrogen and oxygen atoms in total. The van der Waals surface area contributed by atoms with Gasteiger partial charge in [0.1, 0.15) is 5.75 Å². The summed E-state index contributed by atoms with van der Waals surface area (Å²) in [6.45, 7) is 2.82. The molecule has 0 spiro atoms. The first-order chi connectivity index (χ1) is 10.6. The van der Waals surface area contributed by atoms with Crippen LogP contribution in [-0.4, -0.2) is 17.7 Å². The minimum absolute atomic E-state index is 0.126. The number of carbonyl (C=O) groups is 1. The average molecular weight is 296 g/mol. The van der Waals surface area contributed by atoms with Gasteiger partial charge in [0, 0.05) is 17.9 Å². The van der Waals surface area contributed by atoms with Crippen LogP contribution < -0.4 is 10.2 Å². The largest absolute Gasteiger partial charge is 0.508 e. The molecule has 22 heavy (non-hydrogen) atoms. The molecule has 0 radical (unpaired) electrons. The molecule has 2 amide bonds. The van der Waals surface area contributed by atoms with Gasteiger partial charge in [-0.1, -0.05) is 12.1 Å². The van der Waals surface area contributed by atoms with Crippen LogP contribution in [0.4, 0.5) is 16.2 Å². The number of nitrogens with zero attached hydrogens (tertiary/aromatic N) is 1. The summed E-state index contributed by atoms with van der Waals surface area (Å²) in [6, 6.07) is 12.5. The molecular weight excluding hydrogens is 276 g/mol. The highest BCUT2D eigenvalue weighted by Crippen LogP contribution is 2.29. The first-order valence-corrected chi connectivity index (χ1v) is 7.61. The first kappa shape index (κ1) is 14.4. The maximum Gasteiger partial charge on any atom is 0.326 e. The summed E-state index contributed by atoms with van der Waals surface area (Å²) in [7, 11) is 0. The maximum absolute atomic E-state index is 12.6. The predicted molar refractivity (Wildman–Crippen MR) is 88.6 cm³/mol. The quantitative estimate of drug-likeness (QED) is 0.779. The third-order valence-electron chi connectivity index (χ3n) is 4.10. The van der Waals surface area contributed by atoms with Gasteiger partial charge < -0.3 is 10.4 Å². The van der Waals surface area contributed by atoms with Crippen molar-refractivity contribution in [2.45, 2.75) is 26.2 Å². The van der Waals surface area contributed by atoms with Crippen molar-refractivity contribution >= 4 is 17.4 Å². The van der Waals surface area contributed by atoms with Gasteiger partial charge in [0.05, 0.1) is 0 Å². The number of aryl methyl sites for hydroxylation is 1. The van der Waals surface area contributed by atoms with Crippen molar-refractivity contribution in [2.75, 3.05) is 16.8 Å². The van der Waals surface area contributed by atoms with Gasteiger partial charge in [-0.15, -0.1) is 0 Å². The van der Waals surface area contributed by atoms with Gasteiger partial charge in [-0.2, -0.15) is 0 Å². The standard InChI is InChI=1S/C18H20N2O2/c1-13-5-4-7-17-16(13)6-2-3-12-20(17)18(22)19-14-8-10-15(21)11-9-14/h4-5,7-11,21H,2-3,6,12H2,1H3,(H,19,22). The second kappa shape index (κ2) is 6.10. The third kappa shape index (κ3) is 2.91. The molecule has 0 unspecified atom stereocenters. The Morgan fingerprint density at radius 2 is 1.91 bits per heavy atom. The van der Waals surface area contributed by atoms with E-state index in [1.807, 2.05) is 17.0 Å². The van der Waals surface area contributed by atoms with Crippen LogP contribution in [0.3, 0.4) is 0 Å². The van der Waals surface area contributed by atoms with Crippen molar-refractivity contribution < 1.29 is 9.90 Å². The molecule has 0 atom stereocenters. The minimum atomic E-state index is -0.126. The van der Waals surface area contributed by atoms with E-state index in [2.05, 4.69) is 18.3 Å². The Balaban J connectivity index is 1.86. The number of phenolic OH excluding ortho intramolecular Hbond substituents is 1. The zero-order valence-corrected chi connectivity index (χ0v) is 12.7. The van der Waals surface area contributed by atoms with Gasteiger partial charge >= 0.3 is 6.03 Å². The van der Waals surface area contributed by atoms with Crippen LogP contribution in [0.5, 0.6) is 5.75 Å². The topological polar surface area (TPSA) is 52.6 Å². The molecular formula is C18H20N2O2. The molecule has 0 saturated heterocycles. The van der Waals surface area contributed by atoms with E-state index in [4.69, 9.17) is 0 Å². The number of amides is 2. The van der Waals surface area contributed by atoms with E-state index in [1.54, 1.807) is 24.3 Å². The van der Waals surface area contributed by atoms with Gasteiger partial charge in [0.2, 0.25) is 0 Å². The maximum atomic E-state index is 12.6. The monoisotopic (exact) mass is 296 g/mol. The lowest BCUT2D eigenvalue weighted by Crippen LogP contribution is -2.35. The smallest absolute Gasteiger partial charge is 0.326 e.